The number of hydrazine groups is 1. The molecule has 1 rings (SSSR count). The molecule has 0 fully saturated rings. The van der Waals surface area contributed by atoms with Gasteiger partial charge in [-0.25, -0.2) is 10.4 Å². The number of nitrogens with one attached hydrogen (secondary N) is 1. The first-order valence-electron chi connectivity index (χ1n) is 10.6. The first kappa shape index (κ1) is 24.3. The quantitative estimate of drug-likeness (QED) is 0.278. The highest BCUT2D eigenvalue weighted by Crippen LogP contribution is 2.31. The van der Waals surface area contributed by atoms with Gasteiger partial charge in [0.05, 0.1) is 11.8 Å². The Hall–Kier alpha value is -1.72. The third kappa shape index (κ3) is 7.72. The van der Waals surface area contributed by atoms with Gasteiger partial charge in [-0.05, 0) is 37.0 Å². The maximum absolute atomic E-state index is 12.0. The van der Waals surface area contributed by atoms with E-state index >= 15 is 0 Å². The lowest BCUT2D eigenvalue weighted by atomic mass is 9.77. The van der Waals surface area contributed by atoms with Gasteiger partial charge in [0.1, 0.15) is 6.29 Å². The van der Waals surface area contributed by atoms with E-state index in [9.17, 15) is 14.7 Å². The van der Waals surface area contributed by atoms with E-state index in [1.807, 2.05) is 24.3 Å². The number of nitrogens with zero attached hydrogens (tertiary/aromatic N) is 1. The molecule has 1 unspecified atom stereocenters. The Bertz CT molecular complexity index is 584. The number of unbranched alkanes of at least 4 members (excludes halogenated alkanes) is 5. The van der Waals surface area contributed by atoms with Gasteiger partial charge in [-0.1, -0.05) is 58.6 Å². The Morgan fingerprint density at radius 3 is 2.36 bits per heavy atom. The van der Waals surface area contributed by atoms with Gasteiger partial charge in [0, 0.05) is 25.3 Å². The van der Waals surface area contributed by atoms with E-state index in [2.05, 4.69) is 26.2 Å². The van der Waals surface area contributed by atoms with Gasteiger partial charge in [-0.2, -0.15) is 0 Å². The topological polar surface area (TPSA) is 69.6 Å². The number of anilines is 1. The first-order valence-corrected chi connectivity index (χ1v) is 10.6. The summed E-state index contributed by atoms with van der Waals surface area (Å²) in [4.78, 5) is 22.4. The van der Waals surface area contributed by atoms with Crippen LogP contribution in [-0.4, -0.2) is 29.9 Å². The second-order valence-corrected chi connectivity index (χ2v) is 8.06. The Balaban J connectivity index is 2.66. The van der Waals surface area contributed by atoms with Crippen molar-refractivity contribution < 1.29 is 14.7 Å². The Kier molecular flexibility index (Phi) is 11.0. The SMILES string of the molecule is CCCCC(O)C(C)(C)c1ccc(N(NCCCCCCC=O)C(C)=O)cc1. The highest BCUT2D eigenvalue weighted by atomic mass is 16.3. The number of aldehydes is 1. The van der Waals surface area contributed by atoms with E-state index in [0.717, 1.165) is 62.5 Å². The first-order chi connectivity index (χ1) is 13.3. The van der Waals surface area contributed by atoms with Crippen LogP contribution in [0.5, 0.6) is 0 Å². The molecule has 0 aliphatic carbocycles. The molecule has 0 aromatic heterocycles. The van der Waals surface area contributed by atoms with Crippen LogP contribution in [0.4, 0.5) is 5.69 Å². The smallest absolute Gasteiger partial charge is 0.238 e. The van der Waals surface area contributed by atoms with Crippen LogP contribution in [0.1, 0.15) is 84.6 Å². The maximum atomic E-state index is 12.0. The monoisotopic (exact) mass is 390 g/mol. The summed E-state index contributed by atoms with van der Waals surface area (Å²) in [5, 5.41) is 12.1. The zero-order valence-electron chi connectivity index (χ0n) is 18.0. The van der Waals surface area contributed by atoms with Crippen LogP contribution in [-0.2, 0) is 15.0 Å². The molecular formula is C23H38N2O3. The summed E-state index contributed by atoms with van der Waals surface area (Å²) < 4.78 is 0. The van der Waals surface area contributed by atoms with Gasteiger partial charge in [0.25, 0.3) is 0 Å². The molecule has 0 aliphatic rings. The fourth-order valence-electron chi connectivity index (χ4n) is 3.27. The number of carbonyl (C=O) groups is 2. The molecule has 158 valence electrons. The molecule has 2 N–H and O–H groups in total. The minimum Gasteiger partial charge on any atom is -0.392 e. The molecule has 1 atom stereocenters. The summed E-state index contributed by atoms with van der Waals surface area (Å²) in [6, 6.07) is 7.87. The summed E-state index contributed by atoms with van der Waals surface area (Å²) in [6.07, 6.45) is 8.03. The van der Waals surface area contributed by atoms with E-state index in [4.69, 9.17) is 0 Å². The van der Waals surface area contributed by atoms with Crippen molar-refractivity contribution in [2.45, 2.75) is 90.6 Å². The predicted octanol–water partition coefficient (Wildman–Crippen LogP) is 4.52. The van der Waals surface area contributed by atoms with Crippen molar-refractivity contribution in [3.8, 4) is 0 Å². The molecule has 0 heterocycles. The van der Waals surface area contributed by atoms with Crippen molar-refractivity contribution >= 4 is 17.9 Å². The highest BCUT2D eigenvalue weighted by molar-refractivity contribution is 5.90. The lowest BCUT2D eigenvalue weighted by Gasteiger charge is -2.32. The molecule has 0 saturated heterocycles. The van der Waals surface area contributed by atoms with E-state index in [1.165, 1.54) is 0 Å². The summed E-state index contributed by atoms with van der Waals surface area (Å²) in [7, 11) is 0. The van der Waals surface area contributed by atoms with Crippen LogP contribution < -0.4 is 10.4 Å². The second kappa shape index (κ2) is 12.7. The highest BCUT2D eigenvalue weighted by Gasteiger charge is 2.29. The third-order valence-corrected chi connectivity index (χ3v) is 5.37. The zero-order chi connectivity index (χ0) is 21.0. The fraction of sp³-hybridized carbons (Fsp3) is 0.652. The molecule has 28 heavy (non-hydrogen) atoms. The summed E-state index contributed by atoms with van der Waals surface area (Å²) in [5.41, 5.74) is 4.74. The summed E-state index contributed by atoms with van der Waals surface area (Å²) >= 11 is 0. The predicted molar refractivity (Wildman–Crippen MR) is 115 cm³/mol. The lowest BCUT2D eigenvalue weighted by molar-refractivity contribution is -0.117. The number of hydrogen-bond donors (Lipinski definition) is 2. The van der Waals surface area contributed by atoms with Crippen molar-refractivity contribution in [1.29, 1.82) is 0 Å². The number of aliphatic hydroxyl groups is 1. The van der Waals surface area contributed by atoms with Gasteiger partial charge in [0.2, 0.25) is 5.91 Å². The van der Waals surface area contributed by atoms with Crippen LogP contribution in [0.25, 0.3) is 0 Å². The maximum Gasteiger partial charge on any atom is 0.238 e. The van der Waals surface area contributed by atoms with Gasteiger partial charge in [-0.15, -0.1) is 0 Å². The molecule has 1 amide bonds. The van der Waals surface area contributed by atoms with Crippen molar-refractivity contribution in [2.24, 2.45) is 0 Å². The van der Waals surface area contributed by atoms with Crippen LogP contribution in [0, 0.1) is 0 Å². The van der Waals surface area contributed by atoms with Gasteiger partial charge in [-0.3, -0.25) is 4.79 Å². The Morgan fingerprint density at radius 2 is 1.79 bits per heavy atom. The third-order valence-electron chi connectivity index (χ3n) is 5.37. The average Bonchev–Trinajstić information content (AvgIpc) is 2.68. The molecule has 0 radical (unpaired) electrons. The number of aliphatic hydroxyl groups excluding tert-OH is 1. The van der Waals surface area contributed by atoms with Crippen LogP contribution >= 0.6 is 0 Å². The minimum atomic E-state index is -0.389. The van der Waals surface area contributed by atoms with Crippen molar-refractivity contribution in [3.63, 3.8) is 0 Å². The van der Waals surface area contributed by atoms with Gasteiger partial charge >= 0.3 is 0 Å². The second-order valence-electron chi connectivity index (χ2n) is 8.06. The molecule has 0 spiro atoms. The zero-order valence-corrected chi connectivity index (χ0v) is 18.0. The van der Waals surface area contributed by atoms with E-state index in [1.54, 1.807) is 11.9 Å². The molecular weight excluding hydrogens is 352 g/mol. The molecule has 0 bridgehead atoms. The van der Waals surface area contributed by atoms with Crippen LogP contribution in [0.15, 0.2) is 24.3 Å². The number of amides is 1. The summed E-state index contributed by atoms with van der Waals surface area (Å²) in [5.74, 6) is -0.0593. The lowest BCUT2D eigenvalue weighted by Crippen LogP contribution is -2.42. The van der Waals surface area contributed by atoms with E-state index in [0.29, 0.717) is 13.0 Å². The largest absolute Gasteiger partial charge is 0.392 e. The Morgan fingerprint density at radius 1 is 1.14 bits per heavy atom. The van der Waals surface area contributed by atoms with E-state index < -0.39 is 0 Å². The number of benzene rings is 1. The molecule has 1 aromatic carbocycles. The van der Waals surface area contributed by atoms with Crippen LogP contribution in [0.2, 0.25) is 0 Å². The Labute approximate surface area is 170 Å². The van der Waals surface area contributed by atoms with E-state index in [-0.39, 0.29) is 17.4 Å². The van der Waals surface area contributed by atoms with Gasteiger partial charge in [0.15, 0.2) is 0 Å². The molecule has 5 nitrogen and oxygen atoms in total. The minimum absolute atomic E-state index is 0.0593. The number of carbonyl (C=O) groups excluding carboxylic acids is 2. The van der Waals surface area contributed by atoms with Crippen molar-refractivity contribution in [2.75, 3.05) is 11.6 Å². The molecule has 1 aromatic rings. The number of rotatable bonds is 14. The molecule has 5 heteroatoms. The average molecular weight is 391 g/mol. The fourth-order valence-corrected chi connectivity index (χ4v) is 3.27. The molecule has 0 aliphatic heterocycles. The van der Waals surface area contributed by atoms with Crippen LogP contribution in [0.3, 0.4) is 0 Å². The number of hydrogen-bond acceptors (Lipinski definition) is 4. The standard InChI is InChI=1S/C23H38N2O3/c1-5-6-12-22(28)23(3,4)20-13-15-21(16-14-20)25(19(2)27)24-17-10-8-7-9-11-18-26/h13-16,18,22,24,28H,5-12,17H2,1-4H3. The van der Waals surface area contributed by atoms with Crippen molar-refractivity contribution in [1.82, 2.24) is 5.43 Å². The summed E-state index contributed by atoms with van der Waals surface area (Å²) in [6.45, 7) is 8.51. The van der Waals surface area contributed by atoms with Crippen molar-refractivity contribution in [3.05, 3.63) is 29.8 Å². The normalized spacial score (nSPS) is 12.6. The molecule has 0 saturated carbocycles. The van der Waals surface area contributed by atoms with Gasteiger partial charge < -0.3 is 9.90 Å².